The average Bonchev–Trinajstić information content (AvgIpc) is 2.43. The Bertz CT molecular complexity index is 682. The lowest BCUT2D eigenvalue weighted by Crippen LogP contribution is -2.31. The minimum Gasteiger partial charge on any atom is -0.324 e. The van der Waals surface area contributed by atoms with E-state index in [9.17, 15) is 14.0 Å². The zero-order chi connectivity index (χ0) is 14.7. The van der Waals surface area contributed by atoms with Crippen molar-refractivity contribution in [2.75, 3.05) is 5.32 Å². The molecule has 1 amide bonds. The molecule has 0 saturated carbocycles. The number of hydrogen-bond donors (Lipinski definition) is 1. The van der Waals surface area contributed by atoms with Crippen LogP contribution in [0.15, 0.2) is 47.4 Å². The smallest absolute Gasteiger partial charge is 0.251 e. The summed E-state index contributed by atoms with van der Waals surface area (Å²) in [4.78, 5) is 23.6. The Morgan fingerprint density at radius 2 is 1.90 bits per heavy atom. The number of pyridine rings is 1. The Morgan fingerprint density at radius 3 is 2.55 bits per heavy atom. The highest BCUT2D eigenvalue weighted by molar-refractivity contribution is 6.30. The molecule has 1 atom stereocenters. The number of amides is 1. The summed E-state index contributed by atoms with van der Waals surface area (Å²) < 4.78 is 14.2. The SMILES string of the molecule is CC(C(=O)Nc1ccc(Cl)cc1)n1cc(F)ccc1=O. The molecule has 6 heteroatoms. The van der Waals surface area contributed by atoms with Gasteiger partial charge in [0.05, 0.1) is 0 Å². The number of aromatic nitrogens is 1. The number of carbonyl (C=O) groups is 1. The predicted molar refractivity (Wildman–Crippen MR) is 75.5 cm³/mol. The van der Waals surface area contributed by atoms with Crippen LogP contribution in [0.5, 0.6) is 0 Å². The summed E-state index contributed by atoms with van der Waals surface area (Å²) in [5, 5.41) is 3.19. The molecule has 0 bridgehead atoms. The summed E-state index contributed by atoms with van der Waals surface area (Å²) >= 11 is 5.75. The van der Waals surface area contributed by atoms with E-state index >= 15 is 0 Å². The van der Waals surface area contributed by atoms with Gasteiger partial charge in [-0.15, -0.1) is 0 Å². The van der Waals surface area contributed by atoms with E-state index in [1.54, 1.807) is 24.3 Å². The van der Waals surface area contributed by atoms with Crippen LogP contribution in [0.1, 0.15) is 13.0 Å². The number of carbonyl (C=O) groups excluding carboxylic acids is 1. The molecule has 2 rings (SSSR count). The fraction of sp³-hybridized carbons (Fsp3) is 0.143. The van der Waals surface area contributed by atoms with Gasteiger partial charge < -0.3 is 9.88 Å². The summed E-state index contributed by atoms with van der Waals surface area (Å²) in [6.45, 7) is 1.52. The molecule has 1 N–H and O–H groups in total. The van der Waals surface area contributed by atoms with Crippen LogP contribution in [-0.4, -0.2) is 10.5 Å². The summed E-state index contributed by atoms with van der Waals surface area (Å²) in [6, 6.07) is 7.87. The van der Waals surface area contributed by atoms with E-state index in [-0.39, 0.29) is 0 Å². The minimum absolute atomic E-state index is 0.417. The van der Waals surface area contributed by atoms with E-state index in [0.717, 1.165) is 22.9 Å². The molecule has 0 aliphatic rings. The van der Waals surface area contributed by atoms with Gasteiger partial charge in [-0.25, -0.2) is 4.39 Å². The number of rotatable bonds is 3. The van der Waals surface area contributed by atoms with Crippen molar-refractivity contribution >= 4 is 23.2 Å². The maximum absolute atomic E-state index is 13.1. The molecule has 4 nitrogen and oxygen atoms in total. The van der Waals surface area contributed by atoms with Crippen molar-refractivity contribution < 1.29 is 9.18 Å². The van der Waals surface area contributed by atoms with E-state index < -0.39 is 23.3 Å². The third-order valence-electron chi connectivity index (χ3n) is 2.81. The fourth-order valence-electron chi connectivity index (χ4n) is 1.69. The van der Waals surface area contributed by atoms with Crippen molar-refractivity contribution in [2.45, 2.75) is 13.0 Å². The molecular formula is C14H12ClFN2O2. The van der Waals surface area contributed by atoms with Crippen LogP contribution < -0.4 is 10.9 Å². The Kier molecular flexibility index (Phi) is 4.20. The van der Waals surface area contributed by atoms with E-state index in [2.05, 4.69) is 5.32 Å². The van der Waals surface area contributed by atoms with Gasteiger partial charge in [0.15, 0.2) is 0 Å². The molecule has 1 unspecified atom stereocenters. The van der Waals surface area contributed by atoms with E-state index in [4.69, 9.17) is 11.6 Å². The first-order valence-corrected chi connectivity index (χ1v) is 6.29. The molecule has 0 aliphatic carbocycles. The van der Waals surface area contributed by atoms with Gasteiger partial charge in [-0.2, -0.15) is 0 Å². The Hall–Kier alpha value is -2.14. The van der Waals surface area contributed by atoms with Gasteiger partial charge in [-0.3, -0.25) is 9.59 Å². The van der Waals surface area contributed by atoms with Crippen molar-refractivity contribution in [1.29, 1.82) is 0 Å². The zero-order valence-corrected chi connectivity index (χ0v) is 11.4. The highest BCUT2D eigenvalue weighted by atomic mass is 35.5. The van der Waals surface area contributed by atoms with Crippen LogP contribution >= 0.6 is 11.6 Å². The van der Waals surface area contributed by atoms with Crippen molar-refractivity contribution in [1.82, 2.24) is 4.57 Å². The van der Waals surface area contributed by atoms with Crippen molar-refractivity contribution in [3.8, 4) is 0 Å². The first-order valence-electron chi connectivity index (χ1n) is 5.91. The third kappa shape index (κ3) is 3.24. The van der Waals surface area contributed by atoms with Crippen LogP contribution in [-0.2, 0) is 4.79 Å². The highest BCUT2D eigenvalue weighted by Crippen LogP contribution is 2.15. The highest BCUT2D eigenvalue weighted by Gasteiger charge is 2.16. The molecule has 1 heterocycles. The molecule has 2 aromatic rings. The van der Waals surface area contributed by atoms with Crippen LogP contribution in [0.25, 0.3) is 0 Å². The summed E-state index contributed by atoms with van der Waals surface area (Å²) in [5.41, 5.74) is 0.112. The zero-order valence-electron chi connectivity index (χ0n) is 10.6. The molecule has 0 aliphatic heterocycles. The lowest BCUT2D eigenvalue weighted by Gasteiger charge is -2.15. The molecule has 20 heavy (non-hydrogen) atoms. The lowest BCUT2D eigenvalue weighted by atomic mass is 10.2. The molecule has 104 valence electrons. The van der Waals surface area contributed by atoms with E-state index in [1.165, 1.54) is 6.92 Å². The predicted octanol–water partition coefficient (Wildman–Crippen LogP) is 2.84. The van der Waals surface area contributed by atoms with Gasteiger partial charge in [0.25, 0.3) is 5.56 Å². The third-order valence-corrected chi connectivity index (χ3v) is 3.06. The van der Waals surface area contributed by atoms with Gasteiger partial charge in [-0.1, -0.05) is 11.6 Å². The summed E-state index contributed by atoms with van der Waals surface area (Å²) in [6.07, 6.45) is 1.01. The number of hydrogen-bond acceptors (Lipinski definition) is 2. The first-order chi connectivity index (χ1) is 9.47. The Balaban J connectivity index is 2.18. The van der Waals surface area contributed by atoms with Gasteiger partial charge in [0.2, 0.25) is 5.91 Å². The first kappa shape index (κ1) is 14.3. The van der Waals surface area contributed by atoms with Crippen molar-refractivity contribution in [3.63, 3.8) is 0 Å². The normalized spacial score (nSPS) is 11.9. The average molecular weight is 295 g/mol. The standard InChI is InChI=1S/C14H12ClFN2O2/c1-9(18-8-11(16)4-7-13(18)19)14(20)17-12-5-2-10(15)3-6-12/h2-9H,1H3,(H,17,20). The van der Waals surface area contributed by atoms with Gasteiger partial charge >= 0.3 is 0 Å². The molecular weight excluding hydrogens is 283 g/mol. The largest absolute Gasteiger partial charge is 0.324 e. The number of nitrogens with zero attached hydrogens (tertiary/aromatic N) is 1. The van der Waals surface area contributed by atoms with Crippen molar-refractivity contribution in [2.24, 2.45) is 0 Å². The van der Waals surface area contributed by atoms with Gasteiger partial charge in [-0.05, 0) is 37.3 Å². The number of nitrogens with one attached hydrogen (secondary N) is 1. The van der Waals surface area contributed by atoms with Crippen LogP contribution in [0.4, 0.5) is 10.1 Å². The minimum atomic E-state index is -0.825. The van der Waals surface area contributed by atoms with Gasteiger partial charge in [0.1, 0.15) is 11.9 Å². The Labute approximate surface area is 119 Å². The van der Waals surface area contributed by atoms with Crippen molar-refractivity contribution in [3.05, 3.63) is 63.8 Å². The van der Waals surface area contributed by atoms with Crippen LogP contribution in [0.2, 0.25) is 5.02 Å². The van der Waals surface area contributed by atoms with E-state index in [1.807, 2.05) is 0 Å². The maximum atomic E-state index is 13.1. The number of benzene rings is 1. The Morgan fingerprint density at radius 1 is 1.25 bits per heavy atom. The fourth-order valence-corrected chi connectivity index (χ4v) is 1.81. The molecule has 0 saturated heterocycles. The maximum Gasteiger partial charge on any atom is 0.251 e. The monoisotopic (exact) mass is 294 g/mol. The topological polar surface area (TPSA) is 51.1 Å². The quantitative estimate of drug-likeness (QED) is 0.946. The summed E-state index contributed by atoms with van der Waals surface area (Å²) in [5.74, 6) is -0.990. The molecule has 0 fully saturated rings. The second kappa shape index (κ2) is 5.88. The molecule has 0 spiro atoms. The lowest BCUT2D eigenvalue weighted by molar-refractivity contribution is -0.118. The second-order valence-corrected chi connectivity index (χ2v) is 4.70. The summed E-state index contributed by atoms with van der Waals surface area (Å²) in [7, 11) is 0. The van der Waals surface area contributed by atoms with Crippen LogP contribution in [0.3, 0.4) is 0 Å². The number of anilines is 1. The molecule has 1 aromatic heterocycles. The van der Waals surface area contributed by atoms with Crippen LogP contribution in [0, 0.1) is 5.82 Å². The molecule has 0 radical (unpaired) electrons. The second-order valence-electron chi connectivity index (χ2n) is 4.26. The van der Waals surface area contributed by atoms with Gasteiger partial charge in [0, 0.05) is 23.0 Å². The molecule has 1 aromatic carbocycles. The number of halogens is 2. The van der Waals surface area contributed by atoms with E-state index in [0.29, 0.717) is 10.7 Å².